The van der Waals surface area contributed by atoms with E-state index in [9.17, 15) is 22.8 Å². The Hall–Kier alpha value is -1.37. The average Bonchev–Trinajstić information content (AvgIpc) is 2.85. The molecule has 0 unspecified atom stereocenters. The van der Waals surface area contributed by atoms with E-state index in [4.69, 9.17) is 5.11 Å². The van der Waals surface area contributed by atoms with E-state index in [0.29, 0.717) is 30.6 Å². The number of thiophene rings is 1. The number of carbonyl (C=O) groups excluding carboxylic acids is 1. The number of hydrogen-bond donors (Lipinski definition) is 1. The molecule has 7 heteroatoms. The quantitative estimate of drug-likeness (QED) is 0.491. The molecule has 0 atom stereocenters. The van der Waals surface area contributed by atoms with Gasteiger partial charge in [-0.2, -0.15) is 13.2 Å². The fourth-order valence-corrected chi connectivity index (χ4v) is 3.00. The van der Waals surface area contributed by atoms with Gasteiger partial charge in [-0.1, -0.05) is 6.42 Å². The normalized spacial score (nSPS) is 11.6. The minimum atomic E-state index is -4.12. The van der Waals surface area contributed by atoms with Gasteiger partial charge >= 0.3 is 12.1 Å². The van der Waals surface area contributed by atoms with Gasteiger partial charge in [-0.05, 0) is 37.8 Å². The largest absolute Gasteiger partial charge is 0.481 e. The first kappa shape index (κ1) is 18.7. The van der Waals surface area contributed by atoms with Crippen LogP contribution in [0.5, 0.6) is 0 Å². The van der Waals surface area contributed by atoms with Gasteiger partial charge in [-0.25, -0.2) is 0 Å². The Labute approximate surface area is 131 Å². The van der Waals surface area contributed by atoms with Crippen LogP contribution in [0.25, 0.3) is 0 Å². The molecule has 0 aromatic carbocycles. The fraction of sp³-hybridized carbons (Fsp3) is 0.600. The number of carboxylic acids is 1. The molecule has 0 fully saturated rings. The number of halogens is 3. The first-order chi connectivity index (χ1) is 10.3. The highest BCUT2D eigenvalue weighted by Crippen LogP contribution is 2.24. The maximum atomic E-state index is 12.0. The first-order valence-electron chi connectivity index (χ1n) is 7.18. The molecule has 1 aromatic rings. The molecule has 124 valence electrons. The van der Waals surface area contributed by atoms with Crippen molar-refractivity contribution >= 4 is 23.1 Å². The van der Waals surface area contributed by atoms with Gasteiger partial charge in [0.15, 0.2) is 5.78 Å². The van der Waals surface area contributed by atoms with E-state index in [-0.39, 0.29) is 25.0 Å². The standard InChI is InChI=1S/C15H19F3O3S/c16-15(17,18)10-3-1-2-6-12(19)13-9-8-11(22-13)5-4-7-14(20)21/h8-9H,1-7,10H2,(H,20,21). The summed E-state index contributed by atoms with van der Waals surface area (Å²) in [7, 11) is 0. The zero-order valence-electron chi connectivity index (χ0n) is 12.1. The Morgan fingerprint density at radius 2 is 1.77 bits per heavy atom. The molecule has 0 aliphatic rings. The lowest BCUT2D eigenvalue weighted by molar-refractivity contribution is -0.137. The molecule has 0 radical (unpaired) electrons. The van der Waals surface area contributed by atoms with Crippen LogP contribution in [0, 0.1) is 0 Å². The molecular formula is C15H19F3O3S. The van der Waals surface area contributed by atoms with E-state index in [1.165, 1.54) is 11.3 Å². The number of carbonyl (C=O) groups is 2. The maximum absolute atomic E-state index is 12.0. The van der Waals surface area contributed by atoms with Gasteiger partial charge in [0.25, 0.3) is 0 Å². The lowest BCUT2D eigenvalue weighted by atomic mass is 10.1. The second kappa shape index (κ2) is 8.92. The van der Waals surface area contributed by atoms with Gasteiger partial charge in [0, 0.05) is 24.1 Å². The molecule has 1 N–H and O–H groups in total. The third-order valence-electron chi connectivity index (χ3n) is 3.11. The number of Topliss-reactive ketones (excluding diaryl/α,β-unsaturated/α-hetero) is 1. The molecule has 1 rings (SSSR count). The van der Waals surface area contributed by atoms with E-state index in [1.54, 1.807) is 6.07 Å². The lowest BCUT2D eigenvalue weighted by Gasteiger charge is -2.04. The number of hydrogen-bond acceptors (Lipinski definition) is 3. The second-order valence-corrected chi connectivity index (χ2v) is 6.28. The fourth-order valence-electron chi connectivity index (χ4n) is 1.99. The van der Waals surface area contributed by atoms with Crippen LogP contribution in [0.4, 0.5) is 13.2 Å². The van der Waals surface area contributed by atoms with Crippen molar-refractivity contribution in [2.75, 3.05) is 0 Å². The number of alkyl halides is 3. The molecule has 0 aliphatic carbocycles. The van der Waals surface area contributed by atoms with Crippen LogP contribution in [-0.4, -0.2) is 23.0 Å². The Morgan fingerprint density at radius 1 is 1.05 bits per heavy atom. The summed E-state index contributed by atoms with van der Waals surface area (Å²) in [6.07, 6.45) is -2.51. The molecule has 22 heavy (non-hydrogen) atoms. The Kier molecular flexibility index (Phi) is 7.58. The SMILES string of the molecule is O=C(O)CCCc1ccc(C(=O)CCCCCC(F)(F)F)s1. The third-order valence-corrected chi connectivity index (χ3v) is 4.30. The number of rotatable bonds is 10. The van der Waals surface area contributed by atoms with Crippen molar-refractivity contribution in [3.63, 3.8) is 0 Å². The number of unbranched alkanes of at least 4 members (excludes halogenated alkanes) is 2. The van der Waals surface area contributed by atoms with Crippen LogP contribution in [0.15, 0.2) is 12.1 Å². The Morgan fingerprint density at radius 3 is 2.41 bits per heavy atom. The van der Waals surface area contributed by atoms with Crippen LogP contribution < -0.4 is 0 Å². The number of ketones is 1. The van der Waals surface area contributed by atoms with Crippen molar-refractivity contribution in [2.45, 2.75) is 57.5 Å². The van der Waals surface area contributed by atoms with Crippen molar-refractivity contribution in [1.82, 2.24) is 0 Å². The van der Waals surface area contributed by atoms with Crippen LogP contribution in [0.3, 0.4) is 0 Å². The number of aryl methyl sites for hydroxylation is 1. The smallest absolute Gasteiger partial charge is 0.389 e. The Bertz CT molecular complexity index is 494. The predicted octanol–water partition coefficient (Wildman–Crippen LogP) is 4.85. The summed E-state index contributed by atoms with van der Waals surface area (Å²) in [5, 5.41) is 8.55. The van der Waals surface area contributed by atoms with Crippen LogP contribution >= 0.6 is 11.3 Å². The summed E-state index contributed by atoms with van der Waals surface area (Å²) < 4.78 is 35.9. The monoisotopic (exact) mass is 336 g/mol. The molecule has 0 saturated heterocycles. The second-order valence-electron chi connectivity index (χ2n) is 5.11. The van der Waals surface area contributed by atoms with Crippen molar-refractivity contribution in [2.24, 2.45) is 0 Å². The van der Waals surface area contributed by atoms with E-state index in [2.05, 4.69) is 0 Å². The first-order valence-corrected chi connectivity index (χ1v) is 8.00. The van der Waals surface area contributed by atoms with Crippen molar-refractivity contribution in [1.29, 1.82) is 0 Å². The summed E-state index contributed by atoms with van der Waals surface area (Å²) in [6.45, 7) is 0. The van der Waals surface area contributed by atoms with Gasteiger partial charge < -0.3 is 5.11 Å². The molecule has 3 nitrogen and oxygen atoms in total. The van der Waals surface area contributed by atoms with Crippen LogP contribution in [0.1, 0.15) is 59.5 Å². The molecule has 0 spiro atoms. The van der Waals surface area contributed by atoms with Crippen LogP contribution in [-0.2, 0) is 11.2 Å². The average molecular weight is 336 g/mol. The molecule has 0 aliphatic heterocycles. The van der Waals surface area contributed by atoms with E-state index in [1.807, 2.05) is 6.07 Å². The van der Waals surface area contributed by atoms with Gasteiger partial charge in [0.05, 0.1) is 4.88 Å². The predicted molar refractivity (Wildman–Crippen MR) is 78.4 cm³/mol. The minimum absolute atomic E-state index is 0.0542. The van der Waals surface area contributed by atoms with E-state index >= 15 is 0 Å². The highest BCUT2D eigenvalue weighted by molar-refractivity contribution is 7.14. The van der Waals surface area contributed by atoms with Gasteiger partial charge in [0.1, 0.15) is 0 Å². The highest BCUT2D eigenvalue weighted by atomic mass is 32.1. The molecule has 0 bridgehead atoms. The Balaban J connectivity index is 2.25. The summed E-state index contributed by atoms with van der Waals surface area (Å²) in [6, 6.07) is 3.52. The molecular weight excluding hydrogens is 317 g/mol. The summed E-state index contributed by atoms with van der Waals surface area (Å²) in [5.41, 5.74) is 0. The highest BCUT2D eigenvalue weighted by Gasteiger charge is 2.25. The minimum Gasteiger partial charge on any atom is -0.481 e. The number of aliphatic carboxylic acids is 1. The maximum Gasteiger partial charge on any atom is 0.389 e. The summed E-state index contributed by atoms with van der Waals surface area (Å²) in [4.78, 5) is 23.9. The lowest BCUT2D eigenvalue weighted by Crippen LogP contribution is -2.06. The molecule has 1 aromatic heterocycles. The van der Waals surface area contributed by atoms with E-state index < -0.39 is 18.6 Å². The topological polar surface area (TPSA) is 54.4 Å². The third kappa shape index (κ3) is 8.17. The van der Waals surface area contributed by atoms with E-state index in [0.717, 1.165) is 4.88 Å². The van der Waals surface area contributed by atoms with Crippen molar-refractivity contribution < 1.29 is 27.9 Å². The van der Waals surface area contributed by atoms with Crippen molar-refractivity contribution in [3.05, 3.63) is 21.9 Å². The number of carboxylic acid groups (broad SMARTS) is 1. The zero-order chi connectivity index (χ0) is 16.6. The summed E-state index contributed by atoms with van der Waals surface area (Å²) >= 11 is 1.34. The van der Waals surface area contributed by atoms with Crippen LogP contribution in [0.2, 0.25) is 0 Å². The zero-order valence-corrected chi connectivity index (χ0v) is 12.9. The van der Waals surface area contributed by atoms with Crippen molar-refractivity contribution in [3.8, 4) is 0 Å². The molecule has 0 saturated carbocycles. The summed E-state index contributed by atoms with van der Waals surface area (Å²) in [5.74, 6) is -0.895. The molecule has 0 amide bonds. The van der Waals surface area contributed by atoms with Gasteiger partial charge in [-0.3, -0.25) is 9.59 Å². The molecule has 1 heterocycles. The van der Waals surface area contributed by atoms with Gasteiger partial charge in [0.2, 0.25) is 0 Å². The van der Waals surface area contributed by atoms with Gasteiger partial charge in [-0.15, -0.1) is 11.3 Å².